The van der Waals surface area contributed by atoms with Gasteiger partial charge in [-0.15, -0.1) is 0 Å². The smallest absolute Gasteiger partial charge is 0.278 e. The first-order valence-corrected chi connectivity index (χ1v) is 8.94. The number of nitrogens with one attached hydrogen (secondary N) is 1. The summed E-state index contributed by atoms with van der Waals surface area (Å²) in [5.74, 6) is 0.648. The first kappa shape index (κ1) is 15.4. The van der Waals surface area contributed by atoms with Crippen LogP contribution in [0.15, 0.2) is 42.6 Å². The molecule has 0 radical (unpaired) electrons. The van der Waals surface area contributed by atoms with E-state index >= 15 is 0 Å². The van der Waals surface area contributed by atoms with Crippen molar-refractivity contribution in [3.63, 3.8) is 0 Å². The second-order valence-corrected chi connectivity index (χ2v) is 6.88. The lowest BCUT2D eigenvalue weighted by Crippen LogP contribution is -2.34. The molecule has 0 spiro atoms. The van der Waals surface area contributed by atoms with Crippen LogP contribution in [0.1, 0.15) is 42.2 Å². The van der Waals surface area contributed by atoms with Crippen LogP contribution in [0.4, 0.5) is 5.69 Å². The number of carbonyl (C=O) groups is 1. The van der Waals surface area contributed by atoms with E-state index in [4.69, 9.17) is 0 Å². The minimum Gasteiger partial charge on any atom is -0.315 e. The van der Waals surface area contributed by atoms with Gasteiger partial charge < -0.3 is 10.2 Å². The predicted molar refractivity (Wildman–Crippen MR) is 94.2 cm³/mol. The van der Waals surface area contributed by atoms with Crippen LogP contribution in [0.2, 0.25) is 0 Å². The number of aromatic nitrogens is 2. The molecule has 5 nitrogen and oxygen atoms in total. The fourth-order valence-corrected chi connectivity index (χ4v) is 3.33. The SMILES string of the molecule is O=C(c1ccn(C2CCCNC2)n1)N(CC1CC1)c1ccccc1. The first-order valence-electron chi connectivity index (χ1n) is 8.94. The Morgan fingerprint density at radius 1 is 1.21 bits per heavy atom. The maximum atomic E-state index is 13.0. The number of hydrogen-bond donors (Lipinski definition) is 1. The Bertz CT molecular complexity index is 686. The van der Waals surface area contributed by atoms with Gasteiger partial charge in [0, 0.05) is 25.0 Å². The number of hydrogen-bond acceptors (Lipinski definition) is 3. The van der Waals surface area contributed by atoms with Crippen LogP contribution in [0.5, 0.6) is 0 Å². The van der Waals surface area contributed by atoms with Gasteiger partial charge in [-0.25, -0.2) is 0 Å². The zero-order chi connectivity index (χ0) is 16.4. The van der Waals surface area contributed by atoms with Gasteiger partial charge in [-0.2, -0.15) is 5.10 Å². The van der Waals surface area contributed by atoms with Gasteiger partial charge in [0.2, 0.25) is 0 Å². The third-order valence-electron chi connectivity index (χ3n) is 4.92. The molecule has 2 fully saturated rings. The van der Waals surface area contributed by atoms with E-state index in [9.17, 15) is 4.79 Å². The Labute approximate surface area is 142 Å². The molecule has 1 saturated heterocycles. The lowest BCUT2D eigenvalue weighted by Gasteiger charge is -2.23. The third kappa shape index (κ3) is 3.36. The number of nitrogens with zero attached hydrogens (tertiary/aromatic N) is 3. The fourth-order valence-electron chi connectivity index (χ4n) is 3.33. The van der Waals surface area contributed by atoms with Crippen LogP contribution in [-0.4, -0.2) is 35.3 Å². The molecule has 2 aliphatic rings. The quantitative estimate of drug-likeness (QED) is 0.920. The lowest BCUT2D eigenvalue weighted by atomic mass is 10.1. The van der Waals surface area contributed by atoms with E-state index in [0.29, 0.717) is 17.7 Å². The molecular weight excluding hydrogens is 300 g/mol. The Hall–Kier alpha value is -2.14. The third-order valence-corrected chi connectivity index (χ3v) is 4.92. The van der Waals surface area contributed by atoms with Crippen LogP contribution in [0.3, 0.4) is 0 Å². The van der Waals surface area contributed by atoms with Crippen LogP contribution in [0, 0.1) is 5.92 Å². The Morgan fingerprint density at radius 3 is 2.75 bits per heavy atom. The van der Waals surface area contributed by atoms with E-state index in [2.05, 4.69) is 10.4 Å². The predicted octanol–water partition coefficient (Wildman–Crippen LogP) is 2.86. The van der Waals surface area contributed by atoms with E-state index in [-0.39, 0.29) is 5.91 Å². The number of rotatable bonds is 5. The van der Waals surface area contributed by atoms with Crippen molar-refractivity contribution < 1.29 is 4.79 Å². The molecule has 2 aromatic rings. The summed E-state index contributed by atoms with van der Waals surface area (Å²) in [5, 5.41) is 7.99. The van der Waals surface area contributed by atoms with Crippen molar-refractivity contribution in [1.29, 1.82) is 0 Å². The number of para-hydroxylation sites is 1. The molecule has 0 bridgehead atoms. The zero-order valence-electron chi connectivity index (χ0n) is 13.9. The van der Waals surface area contributed by atoms with E-state index in [1.54, 1.807) is 0 Å². The van der Waals surface area contributed by atoms with Crippen molar-refractivity contribution in [3.05, 3.63) is 48.3 Å². The molecule has 4 rings (SSSR count). The van der Waals surface area contributed by atoms with Crippen LogP contribution in [-0.2, 0) is 0 Å². The minimum absolute atomic E-state index is 0.00983. The summed E-state index contributed by atoms with van der Waals surface area (Å²) in [7, 11) is 0. The first-order chi connectivity index (χ1) is 11.8. The van der Waals surface area contributed by atoms with E-state index in [1.807, 2.05) is 52.2 Å². The number of carbonyl (C=O) groups excluding carboxylic acids is 1. The summed E-state index contributed by atoms with van der Waals surface area (Å²) >= 11 is 0. The molecule has 2 heterocycles. The highest BCUT2D eigenvalue weighted by Crippen LogP contribution is 2.32. The van der Waals surface area contributed by atoms with Gasteiger partial charge in [0.25, 0.3) is 5.91 Å². The summed E-state index contributed by atoms with van der Waals surface area (Å²) < 4.78 is 1.96. The molecule has 24 heavy (non-hydrogen) atoms. The molecule has 1 atom stereocenters. The second kappa shape index (κ2) is 6.77. The van der Waals surface area contributed by atoms with E-state index < -0.39 is 0 Å². The molecular formula is C19H24N4O. The van der Waals surface area contributed by atoms with Gasteiger partial charge in [0.05, 0.1) is 6.04 Å². The molecule has 1 aliphatic carbocycles. The molecule has 1 saturated carbocycles. The van der Waals surface area contributed by atoms with Crippen molar-refractivity contribution in [1.82, 2.24) is 15.1 Å². The van der Waals surface area contributed by atoms with Crippen molar-refractivity contribution >= 4 is 11.6 Å². The van der Waals surface area contributed by atoms with E-state index in [0.717, 1.165) is 38.2 Å². The molecule has 1 aromatic heterocycles. The van der Waals surface area contributed by atoms with Gasteiger partial charge in [0.1, 0.15) is 0 Å². The highest BCUT2D eigenvalue weighted by molar-refractivity contribution is 6.04. The molecule has 5 heteroatoms. The zero-order valence-corrected chi connectivity index (χ0v) is 13.9. The highest BCUT2D eigenvalue weighted by atomic mass is 16.2. The average molecular weight is 324 g/mol. The summed E-state index contributed by atoms with van der Waals surface area (Å²) in [5.41, 5.74) is 1.51. The highest BCUT2D eigenvalue weighted by Gasteiger charge is 2.29. The molecule has 1 aromatic carbocycles. The fraction of sp³-hybridized carbons (Fsp3) is 0.474. The summed E-state index contributed by atoms with van der Waals surface area (Å²) in [4.78, 5) is 14.9. The Balaban J connectivity index is 1.54. The van der Waals surface area contributed by atoms with Crippen molar-refractivity contribution in [3.8, 4) is 0 Å². The van der Waals surface area contributed by atoms with Gasteiger partial charge in [-0.05, 0) is 56.3 Å². The monoisotopic (exact) mass is 324 g/mol. The van der Waals surface area contributed by atoms with Crippen molar-refractivity contribution in [2.45, 2.75) is 31.7 Å². The normalized spacial score (nSPS) is 20.8. The largest absolute Gasteiger partial charge is 0.315 e. The molecule has 1 amide bonds. The van der Waals surface area contributed by atoms with E-state index in [1.165, 1.54) is 12.8 Å². The van der Waals surface area contributed by atoms with Gasteiger partial charge in [-0.1, -0.05) is 18.2 Å². The average Bonchev–Trinajstić information content (AvgIpc) is 3.33. The summed E-state index contributed by atoms with van der Waals surface area (Å²) in [6.07, 6.45) is 6.67. The van der Waals surface area contributed by atoms with Crippen molar-refractivity contribution in [2.24, 2.45) is 5.92 Å². The molecule has 126 valence electrons. The summed E-state index contributed by atoms with van der Waals surface area (Å²) in [6, 6.07) is 12.2. The van der Waals surface area contributed by atoms with Crippen LogP contribution in [0.25, 0.3) is 0 Å². The standard InChI is InChI=1S/C19H24N4O/c24-19(18-10-12-23(21-18)17-7-4-11-20-13-17)22(14-15-8-9-15)16-5-2-1-3-6-16/h1-3,5-6,10,12,15,17,20H,4,7-9,11,13-14H2. The maximum absolute atomic E-state index is 13.0. The number of piperidine rings is 1. The van der Waals surface area contributed by atoms with Gasteiger partial charge >= 0.3 is 0 Å². The molecule has 1 aliphatic heterocycles. The number of benzene rings is 1. The Morgan fingerprint density at radius 2 is 2.04 bits per heavy atom. The van der Waals surface area contributed by atoms with Crippen molar-refractivity contribution in [2.75, 3.05) is 24.5 Å². The topological polar surface area (TPSA) is 50.2 Å². The molecule has 1 unspecified atom stereocenters. The van der Waals surface area contributed by atoms with Crippen LogP contribution < -0.4 is 10.2 Å². The molecule has 1 N–H and O–H groups in total. The number of anilines is 1. The number of amides is 1. The Kier molecular flexibility index (Phi) is 4.34. The second-order valence-electron chi connectivity index (χ2n) is 6.88. The maximum Gasteiger partial charge on any atom is 0.278 e. The minimum atomic E-state index is 0.00983. The summed E-state index contributed by atoms with van der Waals surface area (Å²) in [6.45, 7) is 2.80. The lowest BCUT2D eigenvalue weighted by molar-refractivity contribution is 0.0979. The van der Waals surface area contributed by atoms with Gasteiger partial charge in [0.15, 0.2) is 5.69 Å². The van der Waals surface area contributed by atoms with Gasteiger partial charge in [-0.3, -0.25) is 9.48 Å². The van der Waals surface area contributed by atoms with Crippen LogP contribution >= 0.6 is 0 Å².